The van der Waals surface area contributed by atoms with E-state index in [1.807, 2.05) is 6.92 Å². The van der Waals surface area contributed by atoms with E-state index in [1.54, 1.807) is 46.0 Å². The number of aliphatic hydroxyl groups excluding tert-OH is 1. The summed E-state index contributed by atoms with van der Waals surface area (Å²) in [6.45, 7) is 4.21. The number of fused-ring (bicyclic) bond motifs is 1. The Bertz CT molecular complexity index is 1420. The Morgan fingerprint density at radius 3 is 2.63 bits per heavy atom. The molecule has 1 aliphatic heterocycles. The molecular formula is C25H26F3N7O3. The number of rotatable bonds is 7. The highest BCUT2D eigenvalue weighted by Gasteiger charge is 2.28. The number of amides is 2. The minimum absolute atomic E-state index is 0.00330. The zero-order valence-electron chi connectivity index (χ0n) is 20.5. The van der Waals surface area contributed by atoms with Crippen molar-refractivity contribution in [1.29, 1.82) is 0 Å². The van der Waals surface area contributed by atoms with E-state index in [4.69, 9.17) is 4.42 Å². The first-order chi connectivity index (χ1) is 18.3. The number of anilines is 1. The Hall–Kier alpha value is -3.97. The molecule has 0 spiro atoms. The lowest BCUT2D eigenvalue weighted by Gasteiger charge is -2.39. The number of piperazine rings is 1. The molecule has 38 heavy (non-hydrogen) atoms. The molecule has 200 valence electrons. The number of imidazole rings is 1. The van der Waals surface area contributed by atoms with Crippen LogP contribution in [-0.4, -0.2) is 79.3 Å². The monoisotopic (exact) mass is 529 g/mol. The number of aromatic nitrogens is 4. The number of aliphatic hydroxyl groups is 1. The van der Waals surface area contributed by atoms with Gasteiger partial charge < -0.3 is 18.8 Å². The van der Waals surface area contributed by atoms with Gasteiger partial charge in [-0.25, -0.2) is 14.2 Å². The third-order valence-electron chi connectivity index (χ3n) is 6.53. The number of pyridine rings is 1. The molecule has 0 saturated carbocycles. The van der Waals surface area contributed by atoms with Gasteiger partial charge in [-0.15, -0.1) is 10.2 Å². The van der Waals surface area contributed by atoms with E-state index in [1.165, 1.54) is 17.0 Å². The summed E-state index contributed by atoms with van der Waals surface area (Å²) >= 11 is 0. The van der Waals surface area contributed by atoms with Crippen LogP contribution < -0.4 is 4.90 Å². The molecule has 0 aliphatic carbocycles. The average molecular weight is 530 g/mol. The number of hydrogen-bond donors (Lipinski definition) is 1. The van der Waals surface area contributed by atoms with E-state index in [0.29, 0.717) is 48.8 Å². The van der Waals surface area contributed by atoms with Crippen molar-refractivity contribution < 1.29 is 27.5 Å². The van der Waals surface area contributed by atoms with Gasteiger partial charge in [0.05, 0.1) is 18.8 Å². The molecule has 1 N–H and O–H groups in total. The van der Waals surface area contributed by atoms with Crippen molar-refractivity contribution in [2.75, 3.05) is 37.7 Å². The van der Waals surface area contributed by atoms with Gasteiger partial charge >= 0.3 is 12.5 Å². The van der Waals surface area contributed by atoms with Gasteiger partial charge in [0.2, 0.25) is 5.89 Å². The third kappa shape index (κ3) is 5.34. The molecule has 5 rings (SSSR count). The van der Waals surface area contributed by atoms with Gasteiger partial charge in [-0.3, -0.25) is 9.80 Å². The Balaban J connectivity index is 1.39. The second-order valence-electron chi connectivity index (χ2n) is 9.06. The van der Waals surface area contributed by atoms with Crippen LogP contribution in [0.15, 0.2) is 53.2 Å². The highest BCUT2D eigenvalue weighted by Crippen LogP contribution is 2.25. The molecule has 1 fully saturated rings. The number of urea groups is 1. The van der Waals surface area contributed by atoms with Gasteiger partial charge in [0.15, 0.2) is 0 Å². The van der Waals surface area contributed by atoms with Crippen LogP contribution >= 0.6 is 0 Å². The summed E-state index contributed by atoms with van der Waals surface area (Å²) in [7, 11) is 0. The first-order valence-electron chi connectivity index (χ1n) is 12.1. The number of nitrogens with zero attached hydrogens (tertiary/aromatic N) is 7. The summed E-state index contributed by atoms with van der Waals surface area (Å²) in [6, 6.07) is 8.77. The van der Waals surface area contributed by atoms with E-state index in [9.17, 15) is 23.1 Å². The van der Waals surface area contributed by atoms with Crippen molar-refractivity contribution in [3.05, 3.63) is 66.2 Å². The summed E-state index contributed by atoms with van der Waals surface area (Å²) < 4.78 is 46.5. The number of hydrogen-bond acceptors (Lipinski definition) is 7. The standard InChI is InChI=1S/C25H26F3N7O3/c1-16(15-36)32-7-9-33(10-8-32)25(37)35(20-4-2-3-18(26)12-20)14-19-13-34-6-5-17(11-21(34)29-19)23-30-31-24(38-23)22(27)28/h2-6,11-13,16,22,36H,7-10,14-15H2,1H3. The van der Waals surface area contributed by atoms with Crippen molar-refractivity contribution in [3.63, 3.8) is 0 Å². The predicted molar refractivity (Wildman–Crippen MR) is 131 cm³/mol. The number of carbonyl (C=O) groups is 1. The van der Waals surface area contributed by atoms with Crippen LogP contribution in [0.1, 0.15) is 24.9 Å². The first kappa shape index (κ1) is 25.7. The number of halogens is 3. The Kier molecular flexibility index (Phi) is 7.29. The van der Waals surface area contributed by atoms with E-state index in [-0.39, 0.29) is 31.1 Å². The lowest BCUT2D eigenvalue weighted by atomic mass is 10.2. The van der Waals surface area contributed by atoms with Gasteiger partial charge in [0.25, 0.3) is 5.89 Å². The van der Waals surface area contributed by atoms with Gasteiger partial charge in [-0.2, -0.15) is 8.78 Å². The zero-order valence-corrected chi connectivity index (χ0v) is 20.5. The molecule has 0 bridgehead atoms. The summed E-state index contributed by atoms with van der Waals surface area (Å²) in [5.74, 6) is -1.29. The fourth-order valence-corrected chi connectivity index (χ4v) is 4.40. The van der Waals surface area contributed by atoms with Crippen LogP contribution in [-0.2, 0) is 6.54 Å². The topological polar surface area (TPSA) is 103 Å². The molecule has 10 nitrogen and oxygen atoms in total. The maximum atomic E-state index is 14.1. The van der Waals surface area contributed by atoms with Crippen molar-refractivity contribution in [2.24, 2.45) is 0 Å². The smallest absolute Gasteiger partial charge is 0.324 e. The fourth-order valence-electron chi connectivity index (χ4n) is 4.40. The third-order valence-corrected chi connectivity index (χ3v) is 6.53. The zero-order chi connectivity index (χ0) is 26.8. The molecule has 4 heterocycles. The second kappa shape index (κ2) is 10.8. The molecular weight excluding hydrogens is 503 g/mol. The summed E-state index contributed by atoms with van der Waals surface area (Å²) in [5.41, 5.74) is 1.82. The van der Waals surface area contributed by atoms with Crippen LogP contribution in [0.4, 0.5) is 23.7 Å². The van der Waals surface area contributed by atoms with E-state index >= 15 is 0 Å². The van der Waals surface area contributed by atoms with E-state index in [2.05, 4.69) is 20.1 Å². The Morgan fingerprint density at radius 1 is 1.16 bits per heavy atom. The highest BCUT2D eigenvalue weighted by molar-refractivity contribution is 5.92. The van der Waals surface area contributed by atoms with Crippen molar-refractivity contribution in [2.45, 2.75) is 25.9 Å². The predicted octanol–water partition coefficient (Wildman–Crippen LogP) is 3.59. The van der Waals surface area contributed by atoms with Gasteiger partial charge in [-0.1, -0.05) is 6.07 Å². The van der Waals surface area contributed by atoms with Crippen LogP contribution in [0.3, 0.4) is 0 Å². The Morgan fingerprint density at radius 2 is 1.95 bits per heavy atom. The molecule has 1 aliphatic rings. The van der Waals surface area contributed by atoms with Gasteiger partial charge in [0, 0.05) is 55.9 Å². The van der Waals surface area contributed by atoms with Crippen LogP contribution in [0.25, 0.3) is 17.1 Å². The van der Waals surface area contributed by atoms with Gasteiger partial charge in [-0.05, 0) is 37.3 Å². The normalized spacial score (nSPS) is 15.4. The Labute approximate surface area is 215 Å². The molecule has 1 atom stereocenters. The molecule has 2 amide bonds. The minimum Gasteiger partial charge on any atom is -0.415 e. The maximum absolute atomic E-state index is 14.1. The second-order valence-corrected chi connectivity index (χ2v) is 9.06. The molecule has 3 aromatic heterocycles. The van der Waals surface area contributed by atoms with Gasteiger partial charge in [0.1, 0.15) is 11.5 Å². The van der Waals surface area contributed by atoms with Crippen LogP contribution in [0.5, 0.6) is 0 Å². The van der Waals surface area contributed by atoms with Crippen LogP contribution in [0, 0.1) is 5.82 Å². The molecule has 13 heteroatoms. The fraction of sp³-hybridized carbons (Fsp3) is 0.360. The molecule has 1 saturated heterocycles. The SMILES string of the molecule is CC(CO)N1CCN(C(=O)N(Cc2cn3ccc(-c4nnc(C(F)F)o4)cc3n2)c2cccc(F)c2)CC1. The van der Waals surface area contributed by atoms with Crippen molar-refractivity contribution in [3.8, 4) is 11.5 Å². The lowest BCUT2D eigenvalue weighted by Crippen LogP contribution is -2.55. The molecule has 1 aromatic carbocycles. The summed E-state index contributed by atoms with van der Waals surface area (Å²) in [5, 5.41) is 16.5. The quantitative estimate of drug-likeness (QED) is 0.390. The summed E-state index contributed by atoms with van der Waals surface area (Å²) in [4.78, 5) is 23.5. The minimum atomic E-state index is -2.87. The van der Waals surface area contributed by atoms with E-state index in [0.717, 1.165) is 0 Å². The largest absolute Gasteiger partial charge is 0.415 e. The lowest BCUT2D eigenvalue weighted by molar-refractivity contribution is 0.0854. The highest BCUT2D eigenvalue weighted by atomic mass is 19.3. The van der Waals surface area contributed by atoms with E-state index < -0.39 is 18.1 Å². The van der Waals surface area contributed by atoms with Crippen molar-refractivity contribution >= 4 is 17.4 Å². The van der Waals surface area contributed by atoms with Crippen LogP contribution in [0.2, 0.25) is 0 Å². The number of carbonyl (C=O) groups excluding carboxylic acids is 1. The number of alkyl halides is 2. The first-order valence-corrected chi connectivity index (χ1v) is 12.1. The molecule has 4 aromatic rings. The average Bonchev–Trinajstić information content (AvgIpc) is 3.58. The molecule has 0 radical (unpaired) electrons. The summed E-state index contributed by atoms with van der Waals surface area (Å²) in [6.07, 6.45) is 0.534. The van der Waals surface area contributed by atoms with Crippen molar-refractivity contribution in [1.82, 2.24) is 29.4 Å². The number of benzene rings is 1. The maximum Gasteiger partial charge on any atom is 0.324 e. The molecule has 1 unspecified atom stereocenters.